The molecule has 0 unspecified atom stereocenters. The zero-order valence-electron chi connectivity index (χ0n) is 14.2. The number of hydrogen-bond acceptors (Lipinski definition) is 4. The van der Waals surface area contributed by atoms with Crippen molar-refractivity contribution in [2.24, 2.45) is 11.0 Å². The number of nitrogens with zero attached hydrogens (tertiary/aromatic N) is 1. The molecule has 0 aliphatic carbocycles. The number of phenols is 1. The first kappa shape index (κ1) is 19.0. The quantitative estimate of drug-likeness (QED) is 0.532. The lowest BCUT2D eigenvalue weighted by atomic mass is 10.1. The second kappa shape index (κ2) is 9.22. The zero-order chi connectivity index (χ0) is 18.2. The number of rotatable bonds is 7. The normalized spacial score (nSPS) is 11.0. The number of hydrazone groups is 1. The Hall–Kier alpha value is -2.34. The average Bonchev–Trinajstić information content (AvgIpc) is 2.58. The summed E-state index contributed by atoms with van der Waals surface area (Å²) in [6, 6.07) is 11.9. The molecule has 5 nitrogen and oxygen atoms in total. The minimum Gasteiger partial charge on any atom is -0.507 e. The molecule has 2 aromatic carbocycles. The SMILES string of the molecule is CC(C)CCOc1ccc(C(=O)N/N=C/c2cc(Br)ccc2O)cc1. The van der Waals surface area contributed by atoms with Gasteiger partial charge in [0.25, 0.3) is 5.91 Å². The topological polar surface area (TPSA) is 70.9 Å². The average molecular weight is 405 g/mol. The molecule has 0 saturated heterocycles. The molecule has 6 heteroatoms. The van der Waals surface area contributed by atoms with E-state index in [1.54, 1.807) is 42.5 Å². The lowest BCUT2D eigenvalue weighted by molar-refractivity contribution is 0.0955. The third kappa shape index (κ3) is 6.23. The molecule has 0 aliphatic rings. The van der Waals surface area contributed by atoms with Crippen LogP contribution in [0.25, 0.3) is 0 Å². The number of aromatic hydroxyl groups is 1. The maximum absolute atomic E-state index is 12.1. The van der Waals surface area contributed by atoms with E-state index in [-0.39, 0.29) is 11.7 Å². The van der Waals surface area contributed by atoms with Crippen molar-refractivity contribution >= 4 is 28.1 Å². The van der Waals surface area contributed by atoms with Crippen LogP contribution in [0.4, 0.5) is 0 Å². The largest absolute Gasteiger partial charge is 0.507 e. The fraction of sp³-hybridized carbons (Fsp3) is 0.263. The first-order valence-electron chi connectivity index (χ1n) is 8.00. The van der Waals surface area contributed by atoms with Crippen molar-refractivity contribution in [2.45, 2.75) is 20.3 Å². The van der Waals surface area contributed by atoms with E-state index in [2.05, 4.69) is 40.3 Å². The Labute approximate surface area is 155 Å². The number of halogens is 1. The number of amides is 1. The van der Waals surface area contributed by atoms with E-state index in [9.17, 15) is 9.90 Å². The molecule has 0 bridgehead atoms. The van der Waals surface area contributed by atoms with Crippen LogP contribution in [0, 0.1) is 5.92 Å². The summed E-state index contributed by atoms with van der Waals surface area (Å²) >= 11 is 3.31. The Kier molecular flexibility index (Phi) is 7.01. The van der Waals surface area contributed by atoms with Gasteiger partial charge in [-0.3, -0.25) is 4.79 Å². The highest BCUT2D eigenvalue weighted by Crippen LogP contribution is 2.20. The maximum atomic E-state index is 12.1. The van der Waals surface area contributed by atoms with Gasteiger partial charge in [-0.15, -0.1) is 0 Å². The summed E-state index contributed by atoms with van der Waals surface area (Å²) in [6.07, 6.45) is 2.38. The van der Waals surface area contributed by atoms with E-state index in [1.807, 2.05) is 0 Å². The summed E-state index contributed by atoms with van der Waals surface area (Å²) in [5.41, 5.74) is 3.42. The predicted molar refractivity (Wildman–Crippen MR) is 102 cm³/mol. The minimum absolute atomic E-state index is 0.0871. The Morgan fingerprint density at radius 2 is 2.00 bits per heavy atom. The summed E-state index contributed by atoms with van der Waals surface area (Å²) in [5.74, 6) is 1.08. The van der Waals surface area contributed by atoms with E-state index in [1.165, 1.54) is 6.21 Å². The van der Waals surface area contributed by atoms with Gasteiger partial charge in [-0.25, -0.2) is 5.43 Å². The van der Waals surface area contributed by atoms with E-state index < -0.39 is 0 Å². The van der Waals surface area contributed by atoms with E-state index in [4.69, 9.17) is 4.74 Å². The van der Waals surface area contributed by atoms with Gasteiger partial charge in [0.1, 0.15) is 11.5 Å². The number of ether oxygens (including phenoxy) is 1. The summed E-state index contributed by atoms with van der Waals surface area (Å²) in [4.78, 5) is 12.1. The van der Waals surface area contributed by atoms with Crippen LogP contribution in [-0.4, -0.2) is 23.8 Å². The summed E-state index contributed by atoms with van der Waals surface area (Å²) in [7, 11) is 0. The van der Waals surface area contributed by atoms with Gasteiger partial charge < -0.3 is 9.84 Å². The minimum atomic E-state index is -0.334. The molecule has 0 aromatic heterocycles. The number of benzene rings is 2. The molecule has 0 atom stereocenters. The fourth-order valence-electron chi connectivity index (χ4n) is 1.97. The highest BCUT2D eigenvalue weighted by atomic mass is 79.9. The van der Waals surface area contributed by atoms with Gasteiger partial charge in [-0.1, -0.05) is 29.8 Å². The van der Waals surface area contributed by atoms with E-state index >= 15 is 0 Å². The predicted octanol–water partition coefficient (Wildman–Crippen LogP) is 4.34. The second-order valence-corrected chi connectivity index (χ2v) is 6.87. The number of carbonyl (C=O) groups is 1. The van der Waals surface area contributed by atoms with Crippen molar-refractivity contribution < 1.29 is 14.6 Å². The molecule has 1 amide bonds. The Balaban J connectivity index is 1.90. The standard InChI is InChI=1S/C19H21BrN2O3/c1-13(2)9-10-25-17-6-3-14(4-7-17)19(24)22-21-12-15-11-16(20)5-8-18(15)23/h3-8,11-13,23H,9-10H2,1-2H3,(H,22,24)/b21-12+. The summed E-state index contributed by atoms with van der Waals surface area (Å²) < 4.78 is 6.43. The van der Waals surface area contributed by atoms with Crippen LogP contribution in [0.2, 0.25) is 0 Å². The molecule has 0 radical (unpaired) electrons. The van der Waals surface area contributed by atoms with Gasteiger partial charge in [-0.2, -0.15) is 5.10 Å². The molecule has 2 aromatic rings. The Morgan fingerprint density at radius 1 is 1.28 bits per heavy atom. The van der Waals surface area contributed by atoms with Crippen LogP contribution >= 0.6 is 15.9 Å². The van der Waals surface area contributed by atoms with Gasteiger partial charge in [-0.05, 0) is 54.8 Å². The van der Waals surface area contributed by atoms with Crippen molar-refractivity contribution in [1.82, 2.24) is 5.43 Å². The van der Waals surface area contributed by atoms with Crippen LogP contribution in [0.1, 0.15) is 36.2 Å². The first-order chi connectivity index (χ1) is 12.0. The second-order valence-electron chi connectivity index (χ2n) is 5.96. The molecule has 0 spiro atoms. The molecule has 132 valence electrons. The third-order valence-electron chi connectivity index (χ3n) is 3.44. The van der Waals surface area contributed by atoms with Crippen molar-refractivity contribution in [3.8, 4) is 11.5 Å². The van der Waals surface area contributed by atoms with Gasteiger partial charge in [0.05, 0.1) is 12.8 Å². The maximum Gasteiger partial charge on any atom is 0.271 e. The number of hydrogen-bond donors (Lipinski definition) is 2. The highest BCUT2D eigenvalue weighted by Gasteiger charge is 2.05. The first-order valence-corrected chi connectivity index (χ1v) is 8.80. The molecule has 0 aliphatic heterocycles. The Bertz CT molecular complexity index is 743. The molecule has 2 rings (SSSR count). The number of phenolic OH excluding ortho intramolecular Hbond substituents is 1. The van der Waals surface area contributed by atoms with Gasteiger partial charge in [0, 0.05) is 15.6 Å². The fourth-order valence-corrected chi connectivity index (χ4v) is 2.35. The molecule has 0 saturated carbocycles. The monoisotopic (exact) mass is 404 g/mol. The van der Waals surface area contributed by atoms with Crippen LogP contribution in [0.15, 0.2) is 52.0 Å². The van der Waals surface area contributed by atoms with Crippen LogP contribution in [0.5, 0.6) is 11.5 Å². The molecular formula is C19H21BrN2O3. The molecule has 2 N–H and O–H groups in total. The highest BCUT2D eigenvalue weighted by molar-refractivity contribution is 9.10. The zero-order valence-corrected chi connectivity index (χ0v) is 15.8. The molecule has 25 heavy (non-hydrogen) atoms. The third-order valence-corrected chi connectivity index (χ3v) is 3.93. The van der Waals surface area contributed by atoms with Crippen LogP contribution < -0.4 is 10.2 Å². The van der Waals surface area contributed by atoms with Gasteiger partial charge >= 0.3 is 0 Å². The lowest BCUT2D eigenvalue weighted by Gasteiger charge is -2.08. The summed E-state index contributed by atoms with van der Waals surface area (Å²) in [6.45, 7) is 4.94. The van der Waals surface area contributed by atoms with Crippen molar-refractivity contribution in [2.75, 3.05) is 6.61 Å². The smallest absolute Gasteiger partial charge is 0.271 e. The van der Waals surface area contributed by atoms with E-state index in [0.29, 0.717) is 23.7 Å². The van der Waals surface area contributed by atoms with Crippen molar-refractivity contribution in [1.29, 1.82) is 0 Å². The summed E-state index contributed by atoms with van der Waals surface area (Å²) in [5, 5.41) is 13.6. The van der Waals surface area contributed by atoms with Gasteiger partial charge in [0.15, 0.2) is 0 Å². The number of carbonyl (C=O) groups excluding carboxylic acids is 1. The lowest BCUT2D eigenvalue weighted by Crippen LogP contribution is -2.17. The molecular weight excluding hydrogens is 384 g/mol. The van der Waals surface area contributed by atoms with Crippen molar-refractivity contribution in [3.63, 3.8) is 0 Å². The number of nitrogens with one attached hydrogen (secondary N) is 1. The van der Waals surface area contributed by atoms with E-state index in [0.717, 1.165) is 16.6 Å². The van der Waals surface area contributed by atoms with Crippen molar-refractivity contribution in [3.05, 3.63) is 58.1 Å². The van der Waals surface area contributed by atoms with Crippen LogP contribution in [0.3, 0.4) is 0 Å². The van der Waals surface area contributed by atoms with Gasteiger partial charge in [0.2, 0.25) is 0 Å². The molecule has 0 fully saturated rings. The Morgan fingerprint density at radius 3 is 2.68 bits per heavy atom. The molecule has 0 heterocycles. The van der Waals surface area contributed by atoms with Crippen LogP contribution in [-0.2, 0) is 0 Å².